The average molecular weight is 224 g/mol. The molecule has 0 radical (unpaired) electrons. The molecular formula is C13H21FN2. The van der Waals surface area contributed by atoms with Crippen LogP contribution < -0.4 is 10.6 Å². The lowest BCUT2D eigenvalue weighted by atomic mass is 10.0. The first-order valence-electron chi connectivity index (χ1n) is 5.63. The highest BCUT2D eigenvalue weighted by Gasteiger charge is 2.15. The molecule has 1 atom stereocenters. The van der Waals surface area contributed by atoms with Crippen molar-refractivity contribution in [2.24, 2.45) is 5.73 Å². The van der Waals surface area contributed by atoms with Gasteiger partial charge in [0.1, 0.15) is 5.82 Å². The van der Waals surface area contributed by atoms with Gasteiger partial charge in [-0.15, -0.1) is 0 Å². The van der Waals surface area contributed by atoms with E-state index in [0.29, 0.717) is 11.6 Å². The lowest BCUT2D eigenvalue weighted by molar-refractivity contribution is 0.611. The first-order chi connectivity index (χ1) is 7.34. The van der Waals surface area contributed by atoms with Crippen LogP contribution in [0.3, 0.4) is 0 Å². The summed E-state index contributed by atoms with van der Waals surface area (Å²) in [7, 11) is 2.00. The fourth-order valence-corrected chi connectivity index (χ4v) is 1.63. The molecule has 0 saturated heterocycles. The Labute approximate surface area is 97.3 Å². The molecule has 0 aromatic heterocycles. The van der Waals surface area contributed by atoms with Gasteiger partial charge >= 0.3 is 0 Å². The normalized spacial score (nSPS) is 13.0. The SMILES string of the molecule is Cc1cc(N(C)C(C)C)c([C@@H](C)N)cc1F. The van der Waals surface area contributed by atoms with Gasteiger partial charge in [0.2, 0.25) is 0 Å². The Morgan fingerprint density at radius 2 is 1.81 bits per heavy atom. The average Bonchev–Trinajstić information content (AvgIpc) is 2.19. The summed E-state index contributed by atoms with van der Waals surface area (Å²) in [5.74, 6) is -0.187. The highest BCUT2D eigenvalue weighted by molar-refractivity contribution is 5.57. The summed E-state index contributed by atoms with van der Waals surface area (Å²) < 4.78 is 13.5. The molecule has 0 heterocycles. The summed E-state index contributed by atoms with van der Waals surface area (Å²) >= 11 is 0. The van der Waals surface area contributed by atoms with Crippen molar-refractivity contribution in [3.63, 3.8) is 0 Å². The van der Waals surface area contributed by atoms with Gasteiger partial charge in [-0.1, -0.05) is 0 Å². The quantitative estimate of drug-likeness (QED) is 0.855. The molecule has 1 aromatic rings. The van der Waals surface area contributed by atoms with Crippen LogP contribution in [0, 0.1) is 12.7 Å². The third kappa shape index (κ3) is 2.53. The van der Waals surface area contributed by atoms with Crippen molar-refractivity contribution in [3.05, 3.63) is 29.1 Å². The van der Waals surface area contributed by atoms with Gasteiger partial charge in [0, 0.05) is 24.8 Å². The Bertz CT molecular complexity index is 372. The van der Waals surface area contributed by atoms with E-state index in [1.807, 2.05) is 20.0 Å². The fraction of sp³-hybridized carbons (Fsp3) is 0.538. The molecule has 0 aliphatic rings. The van der Waals surface area contributed by atoms with Gasteiger partial charge in [-0.25, -0.2) is 4.39 Å². The van der Waals surface area contributed by atoms with E-state index in [2.05, 4.69) is 18.7 Å². The van der Waals surface area contributed by atoms with E-state index in [1.165, 1.54) is 0 Å². The molecule has 3 heteroatoms. The number of nitrogens with zero attached hydrogens (tertiary/aromatic N) is 1. The van der Waals surface area contributed by atoms with Crippen LogP contribution in [0.1, 0.15) is 37.9 Å². The summed E-state index contributed by atoms with van der Waals surface area (Å²) in [6, 6.07) is 3.62. The second-order valence-corrected chi connectivity index (χ2v) is 4.65. The predicted octanol–water partition coefficient (Wildman–Crippen LogP) is 3.00. The first-order valence-corrected chi connectivity index (χ1v) is 5.63. The zero-order valence-corrected chi connectivity index (χ0v) is 10.7. The van der Waals surface area contributed by atoms with Crippen LogP contribution in [-0.2, 0) is 0 Å². The molecule has 16 heavy (non-hydrogen) atoms. The van der Waals surface area contributed by atoms with Crippen molar-refractivity contribution < 1.29 is 4.39 Å². The second-order valence-electron chi connectivity index (χ2n) is 4.65. The zero-order chi connectivity index (χ0) is 12.5. The molecule has 0 saturated carbocycles. The maximum absolute atomic E-state index is 13.5. The second kappa shape index (κ2) is 4.83. The Balaban J connectivity index is 3.30. The minimum absolute atomic E-state index is 0.161. The molecule has 1 rings (SSSR count). The molecule has 1 aromatic carbocycles. The standard InChI is InChI=1S/C13H21FN2/c1-8(2)16(5)13-6-9(3)12(14)7-11(13)10(4)15/h6-8,10H,15H2,1-5H3/t10-/m1/s1. The van der Waals surface area contributed by atoms with E-state index < -0.39 is 0 Å². The van der Waals surface area contributed by atoms with Gasteiger partial charge in [-0.05, 0) is 51.0 Å². The lowest BCUT2D eigenvalue weighted by Gasteiger charge is -2.28. The summed E-state index contributed by atoms with van der Waals surface area (Å²) in [4.78, 5) is 2.12. The monoisotopic (exact) mass is 224 g/mol. The van der Waals surface area contributed by atoms with E-state index >= 15 is 0 Å². The van der Waals surface area contributed by atoms with Crippen molar-refractivity contribution >= 4 is 5.69 Å². The molecule has 90 valence electrons. The number of benzene rings is 1. The van der Waals surface area contributed by atoms with E-state index in [4.69, 9.17) is 5.73 Å². The van der Waals surface area contributed by atoms with Gasteiger partial charge in [-0.3, -0.25) is 0 Å². The molecule has 2 N–H and O–H groups in total. The Kier molecular flexibility index (Phi) is 3.92. The topological polar surface area (TPSA) is 29.3 Å². The Morgan fingerprint density at radius 1 is 1.25 bits per heavy atom. The highest BCUT2D eigenvalue weighted by Crippen LogP contribution is 2.28. The molecule has 0 amide bonds. The summed E-state index contributed by atoms with van der Waals surface area (Å²) in [6.45, 7) is 7.85. The maximum Gasteiger partial charge on any atom is 0.126 e. The van der Waals surface area contributed by atoms with Crippen molar-refractivity contribution in [3.8, 4) is 0 Å². The molecule has 0 unspecified atom stereocenters. The van der Waals surface area contributed by atoms with E-state index in [9.17, 15) is 4.39 Å². The van der Waals surface area contributed by atoms with Crippen LogP contribution in [0.15, 0.2) is 12.1 Å². The highest BCUT2D eigenvalue weighted by atomic mass is 19.1. The largest absolute Gasteiger partial charge is 0.372 e. The Hall–Kier alpha value is -1.09. The van der Waals surface area contributed by atoms with Gasteiger partial charge in [0.25, 0.3) is 0 Å². The van der Waals surface area contributed by atoms with Gasteiger partial charge in [-0.2, -0.15) is 0 Å². The lowest BCUT2D eigenvalue weighted by Crippen LogP contribution is -2.28. The maximum atomic E-state index is 13.5. The molecular weight excluding hydrogens is 203 g/mol. The number of halogens is 1. The van der Waals surface area contributed by atoms with Gasteiger partial charge in [0.15, 0.2) is 0 Å². The first kappa shape index (κ1) is 13.0. The number of aryl methyl sites for hydroxylation is 1. The van der Waals surface area contributed by atoms with Crippen molar-refractivity contribution in [1.82, 2.24) is 0 Å². The molecule has 0 aliphatic heterocycles. The smallest absolute Gasteiger partial charge is 0.126 e. The minimum atomic E-state index is -0.187. The fourth-order valence-electron chi connectivity index (χ4n) is 1.63. The molecule has 0 bridgehead atoms. The number of hydrogen-bond donors (Lipinski definition) is 1. The predicted molar refractivity (Wildman–Crippen MR) is 67.3 cm³/mol. The van der Waals surface area contributed by atoms with E-state index in [1.54, 1.807) is 13.0 Å². The minimum Gasteiger partial charge on any atom is -0.372 e. The number of nitrogens with two attached hydrogens (primary N) is 1. The van der Waals surface area contributed by atoms with Crippen LogP contribution in [0.5, 0.6) is 0 Å². The van der Waals surface area contributed by atoms with E-state index in [0.717, 1.165) is 11.3 Å². The van der Waals surface area contributed by atoms with Crippen molar-refractivity contribution in [2.75, 3.05) is 11.9 Å². The van der Waals surface area contributed by atoms with Gasteiger partial charge < -0.3 is 10.6 Å². The molecule has 0 spiro atoms. The molecule has 0 aliphatic carbocycles. The Morgan fingerprint density at radius 3 is 2.25 bits per heavy atom. The number of anilines is 1. The van der Waals surface area contributed by atoms with Crippen molar-refractivity contribution in [2.45, 2.75) is 39.8 Å². The van der Waals surface area contributed by atoms with Crippen LogP contribution in [-0.4, -0.2) is 13.1 Å². The van der Waals surface area contributed by atoms with Crippen molar-refractivity contribution in [1.29, 1.82) is 0 Å². The van der Waals surface area contributed by atoms with Gasteiger partial charge in [0.05, 0.1) is 0 Å². The molecule has 0 fully saturated rings. The number of hydrogen-bond acceptors (Lipinski definition) is 2. The zero-order valence-electron chi connectivity index (χ0n) is 10.7. The summed E-state index contributed by atoms with van der Waals surface area (Å²) in [6.07, 6.45) is 0. The third-order valence-electron chi connectivity index (χ3n) is 2.95. The van der Waals surface area contributed by atoms with E-state index in [-0.39, 0.29) is 11.9 Å². The van der Waals surface area contributed by atoms with Crippen LogP contribution in [0.4, 0.5) is 10.1 Å². The summed E-state index contributed by atoms with van der Waals surface area (Å²) in [5.41, 5.74) is 8.42. The third-order valence-corrected chi connectivity index (χ3v) is 2.95. The van der Waals surface area contributed by atoms with Crippen LogP contribution >= 0.6 is 0 Å². The summed E-state index contributed by atoms with van der Waals surface area (Å²) in [5, 5.41) is 0. The van der Waals surface area contributed by atoms with Crippen LogP contribution in [0.25, 0.3) is 0 Å². The molecule has 2 nitrogen and oxygen atoms in total. The van der Waals surface area contributed by atoms with Crippen LogP contribution in [0.2, 0.25) is 0 Å². The number of rotatable bonds is 3.